The van der Waals surface area contributed by atoms with E-state index in [2.05, 4.69) is 0 Å². The number of hydrogen-bond donors (Lipinski definition) is 2. The third-order valence-electron chi connectivity index (χ3n) is 4.39. The minimum atomic E-state index is -1.71. The predicted molar refractivity (Wildman–Crippen MR) is 87.3 cm³/mol. The van der Waals surface area contributed by atoms with Crippen LogP contribution in [-0.4, -0.2) is 45.7 Å². The van der Waals surface area contributed by atoms with Crippen LogP contribution in [0.15, 0.2) is 24.3 Å². The average Bonchev–Trinajstić information content (AvgIpc) is 2.46. The molecule has 2 rings (SSSR count). The van der Waals surface area contributed by atoms with Crippen LogP contribution in [0, 0.1) is 5.41 Å². The van der Waals surface area contributed by atoms with Crippen LogP contribution in [0.1, 0.15) is 32.3 Å². The van der Waals surface area contributed by atoms with E-state index in [4.69, 9.17) is 16.7 Å². The second-order valence-corrected chi connectivity index (χ2v) is 7.26. The normalized spacial score (nSPS) is 17.8. The Bertz CT molecular complexity index is 606. The molecule has 0 bridgehead atoms. The lowest BCUT2D eigenvalue weighted by Gasteiger charge is -2.39. The van der Waals surface area contributed by atoms with E-state index >= 15 is 0 Å². The predicted octanol–water partition coefficient (Wildman–Crippen LogP) is 2.35. The number of benzene rings is 1. The van der Waals surface area contributed by atoms with E-state index in [-0.39, 0.29) is 31.8 Å². The Balaban J connectivity index is 2.03. The van der Waals surface area contributed by atoms with E-state index in [1.807, 2.05) is 32.0 Å². The first kappa shape index (κ1) is 17.8. The SMILES string of the molecule is CC(C)(Cc1cccc(Cl)c1)C(=O)N1CCC(O)(C(=O)O)CC1. The maximum atomic E-state index is 12.8. The molecule has 1 aliphatic heterocycles. The molecule has 0 atom stereocenters. The molecular weight excluding hydrogens is 318 g/mol. The topological polar surface area (TPSA) is 77.8 Å². The monoisotopic (exact) mass is 339 g/mol. The van der Waals surface area contributed by atoms with Gasteiger partial charge in [0.2, 0.25) is 5.91 Å². The number of carboxylic acids is 1. The lowest BCUT2D eigenvalue weighted by Crippen LogP contribution is -2.53. The van der Waals surface area contributed by atoms with Crippen molar-refractivity contribution in [3.05, 3.63) is 34.9 Å². The van der Waals surface area contributed by atoms with Crippen LogP contribution >= 0.6 is 11.6 Å². The number of hydrogen-bond acceptors (Lipinski definition) is 3. The zero-order chi connectivity index (χ0) is 17.3. The molecule has 2 N–H and O–H groups in total. The Morgan fingerprint density at radius 3 is 2.43 bits per heavy atom. The molecule has 1 saturated heterocycles. The number of aliphatic carboxylic acids is 1. The summed E-state index contributed by atoms with van der Waals surface area (Å²) in [5, 5.41) is 19.6. The first-order chi connectivity index (χ1) is 10.6. The number of carbonyl (C=O) groups excluding carboxylic acids is 1. The molecule has 5 nitrogen and oxygen atoms in total. The van der Waals surface area contributed by atoms with Crippen molar-refractivity contribution in [2.24, 2.45) is 5.41 Å². The minimum absolute atomic E-state index is 0.0371. The number of rotatable bonds is 4. The van der Waals surface area contributed by atoms with Gasteiger partial charge in [-0.3, -0.25) is 4.79 Å². The molecular formula is C17H22ClNO4. The first-order valence-corrected chi connectivity index (χ1v) is 8.01. The smallest absolute Gasteiger partial charge is 0.335 e. The van der Waals surface area contributed by atoms with Crippen LogP contribution in [-0.2, 0) is 16.0 Å². The Morgan fingerprint density at radius 1 is 1.30 bits per heavy atom. The third-order valence-corrected chi connectivity index (χ3v) is 4.63. The van der Waals surface area contributed by atoms with Gasteiger partial charge >= 0.3 is 5.97 Å². The van der Waals surface area contributed by atoms with Gasteiger partial charge in [0.25, 0.3) is 0 Å². The van der Waals surface area contributed by atoms with Crippen LogP contribution in [0.3, 0.4) is 0 Å². The van der Waals surface area contributed by atoms with Gasteiger partial charge in [0, 0.05) is 36.4 Å². The van der Waals surface area contributed by atoms with Crippen molar-refractivity contribution in [3.63, 3.8) is 0 Å². The molecule has 1 amide bonds. The summed E-state index contributed by atoms with van der Waals surface area (Å²) < 4.78 is 0. The highest BCUT2D eigenvalue weighted by Gasteiger charge is 2.42. The molecule has 6 heteroatoms. The second kappa shape index (κ2) is 6.49. The van der Waals surface area contributed by atoms with Gasteiger partial charge in [0.15, 0.2) is 5.60 Å². The molecule has 23 heavy (non-hydrogen) atoms. The summed E-state index contributed by atoms with van der Waals surface area (Å²) in [5.41, 5.74) is -1.35. The van der Waals surface area contributed by atoms with Gasteiger partial charge in [-0.2, -0.15) is 0 Å². The van der Waals surface area contributed by atoms with Crippen LogP contribution in [0.5, 0.6) is 0 Å². The van der Waals surface area contributed by atoms with E-state index in [1.54, 1.807) is 11.0 Å². The van der Waals surface area contributed by atoms with Crippen molar-refractivity contribution in [2.75, 3.05) is 13.1 Å². The van der Waals surface area contributed by atoms with Crippen molar-refractivity contribution in [3.8, 4) is 0 Å². The average molecular weight is 340 g/mol. The zero-order valence-electron chi connectivity index (χ0n) is 13.4. The van der Waals surface area contributed by atoms with E-state index in [0.717, 1.165) is 5.56 Å². The number of aliphatic hydroxyl groups is 1. The molecule has 0 aromatic heterocycles. The highest BCUT2D eigenvalue weighted by atomic mass is 35.5. The van der Waals surface area contributed by atoms with Gasteiger partial charge < -0.3 is 15.1 Å². The van der Waals surface area contributed by atoms with Crippen LogP contribution in [0.4, 0.5) is 0 Å². The fraction of sp³-hybridized carbons (Fsp3) is 0.529. The van der Waals surface area contributed by atoms with E-state index < -0.39 is 17.0 Å². The summed E-state index contributed by atoms with van der Waals surface area (Å²) in [5.74, 6) is -1.26. The summed E-state index contributed by atoms with van der Waals surface area (Å²) in [6.45, 7) is 4.24. The standard InChI is InChI=1S/C17H22ClNO4/c1-16(2,11-12-4-3-5-13(18)10-12)14(20)19-8-6-17(23,7-9-19)15(21)22/h3-5,10,23H,6-9,11H2,1-2H3,(H,21,22). The van der Waals surface area contributed by atoms with E-state index in [0.29, 0.717) is 11.4 Å². The Hall–Kier alpha value is -1.59. The molecule has 0 saturated carbocycles. The van der Waals surface area contributed by atoms with Gasteiger partial charge in [-0.15, -0.1) is 0 Å². The summed E-state index contributed by atoms with van der Waals surface area (Å²) >= 11 is 5.98. The molecule has 1 fully saturated rings. The number of halogens is 1. The van der Waals surface area contributed by atoms with Gasteiger partial charge in [-0.1, -0.05) is 37.6 Å². The Kier molecular flexibility index (Phi) is 5.01. The number of carbonyl (C=O) groups is 2. The van der Waals surface area contributed by atoms with Gasteiger partial charge in [0.1, 0.15) is 0 Å². The van der Waals surface area contributed by atoms with E-state index in [9.17, 15) is 14.7 Å². The molecule has 0 radical (unpaired) electrons. The summed E-state index contributed by atoms with van der Waals surface area (Å²) in [7, 11) is 0. The fourth-order valence-corrected chi connectivity index (χ4v) is 3.17. The van der Waals surface area contributed by atoms with Crippen LogP contribution in [0.2, 0.25) is 5.02 Å². The van der Waals surface area contributed by atoms with Crippen molar-refractivity contribution < 1.29 is 19.8 Å². The molecule has 0 spiro atoms. The molecule has 1 heterocycles. The quantitative estimate of drug-likeness (QED) is 0.882. The molecule has 126 valence electrons. The van der Waals surface area contributed by atoms with Crippen molar-refractivity contribution >= 4 is 23.5 Å². The maximum absolute atomic E-state index is 12.8. The minimum Gasteiger partial charge on any atom is -0.479 e. The van der Waals surface area contributed by atoms with Crippen molar-refractivity contribution in [1.29, 1.82) is 0 Å². The van der Waals surface area contributed by atoms with Gasteiger partial charge in [-0.05, 0) is 24.1 Å². The molecule has 0 aliphatic carbocycles. The van der Waals surface area contributed by atoms with Crippen molar-refractivity contribution in [2.45, 2.75) is 38.7 Å². The number of carboxylic acid groups (broad SMARTS) is 1. The number of likely N-dealkylation sites (tertiary alicyclic amines) is 1. The molecule has 1 aromatic carbocycles. The highest BCUT2D eigenvalue weighted by Crippen LogP contribution is 2.29. The largest absolute Gasteiger partial charge is 0.479 e. The second-order valence-electron chi connectivity index (χ2n) is 6.82. The number of amides is 1. The van der Waals surface area contributed by atoms with Gasteiger partial charge in [-0.25, -0.2) is 4.79 Å². The lowest BCUT2D eigenvalue weighted by atomic mass is 9.82. The third kappa shape index (κ3) is 4.03. The zero-order valence-corrected chi connectivity index (χ0v) is 14.1. The summed E-state index contributed by atoms with van der Waals surface area (Å²) in [6.07, 6.45) is 0.661. The Morgan fingerprint density at radius 2 is 1.91 bits per heavy atom. The van der Waals surface area contributed by atoms with Crippen LogP contribution in [0.25, 0.3) is 0 Å². The Labute approximate surface area is 140 Å². The summed E-state index contributed by atoms with van der Waals surface area (Å²) in [4.78, 5) is 25.5. The molecule has 0 unspecified atom stereocenters. The summed E-state index contributed by atoms with van der Waals surface area (Å²) in [6, 6.07) is 7.42. The lowest BCUT2D eigenvalue weighted by molar-refractivity contribution is -0.166. The highest BCUT2D eigenvalue weighted by molar-refractivity contribution is 6.30. The van der Waals surface area contributed by atoms with Crippen molar-refractivity contribution in [1.82, 2.24) is 4.90 Å². The van der Waals surface area contributed by atoms with Crippen LogP contribution < -0.4 is 0 Å². The van der Waals surface area contributed by atoms with Gasteiger partial charge in [0.05, 0.1) is 0 Å². The molecule has 1 aromatic rings. The number of nitrogens with zero attached hydrogens (tertiary/aromatic N) is 1. The molecule has 1 aliphatic rings. The number of piperidine rings is 1. The first-order valence-electron chi connectivity index (χ1n) is 7.64. The maximum Gasteiger partial charge on any atom is 0.335 e. The fourth-order valence-electron chi connectivity index (χ4n) is 2.95. The van der Waals surface area contributed by atoms with E-state index in [1.165, 1.54) is 0 Å².